The number of nitrogen functional groups attached to an aromatic ring is 1. The van der Waals surface area contributed by atoms with Gasteiger partial charge < -0.3 is 5.73 Å². The van der Waals surface area contributed by atoms with Gasteiger partial charge in [-0.1, -0.05) is 49.1 Å². The van der Waals surface area contributed by atoms with Crippen LogP contribution in [0.3, 0.4) is 0 Å². The van der Waals surface area contributed by atoms with Crippen LogP contribution in [0.5, 0.6) is 0 Å². The molecule has 0 aliphatic rings. The largest absolute Gasteiger partial charge is 0.384 e. The van der Waals surface area contributed by atoms with Crippen LogP contribution in [0, 0.1) is 6.92 Å². The Hall–Kier alpha value is -2.09. The van der Waals surface area contributed by atoms with Gasteiger partial charge >= 0.3 is 0 Å². The zero-order valence-electron chi connectivity index (χ0n) is 9.43. The standard InChI is InChI=1S/C8H8.C6H8N2/c1-2-8-6-4-3-5-7-8;1-5-2-3-6(7)8-4-5/h2-7H,1H2;2-4H,1H3,(H2,7,8). The van der Waals surface area contributed by atoms with Crippen LogP contribution in [0.2, 0.25) is 0 Å². The molecule has 2 rings (SSSR count). The van der Waals surface area contributed by atoms with Gasteiger partial charge in [-0.05, 0) is 24.1 Å². The van der Waals surface area contributed by atoms with E-state index >= 15 is 0 Å². The molecule has 0 aliphatic carbocycles. The molecule has 0 spiro atoms. The minimum Gasteiger partial charge on any atom is -0.384 e. The Bertz CT molecular complexity index is 397. The fraction of sp³-hybridized carbons (Fsp3) is 0.0714. The summed E-state index contributed by atoms with van der Waals surface area (Å²) in [6.45, 7) is 5.61. The topological polar surface area (TPSA) is 38.9 Å². The van der Waals surface area contributed by atoms with Gasteiger partial charge in [0.15, 0.2) is 0 Å². The number of hydrogen-bond acceptors (Lipinski definition) is 2. The molecule has 1 heterocycles. The molecule has 0 fully saturated rings. The number of pyridine rings is 1. The quantitative estimate of drug-likeness (QED) is 0.787. The molecular formula is C14H16N2. The lowest BCUT2D eigenvalue weighted by atomic mass is 10.2. The average molecular weight is 212 g/mol. The number of aryl methyl sites for hydroxylation is 1. The van der Waals surface area contributed by atoms with E-state index in [1.807, 2.05) is 49.4 Å². The predicted molar refractivity (Wildman–Crippen MR) is 69.9 cm³/mol. The minimum atomic E-state index is 0.579. The van der Waals surface area contributed by atoms with Crippen molar-refractivity contribution in [2.45, 2.75) is 6.92 Å². The highest BCUT2D eigenvalue weighted by Crippen LogP contribution is 1.97. The van der Waals surface area contributed by atoms with Gasteiger partial charge in [0.25, 0.3) is 0 Å². The average Bonchev–Trinajstić information content (AvgIpc) is 2.35. The van der Waals surface area contributed by atoms with Gasteiger partial charge in [0.05, 0.1) is 0 Å². The van der Waals surface area contributed by atoms with Crippen LogP contribution in [0.15, 0.2) is 55.2 Å². The molecule has 0 bridgehead atoms. The first-order valence-electron chi connectivity index (χ1n) is 5.08. The molecule has 2 aromatic rings. The maximum atomic E-state index is 5.32. The molecule has 0 unspecified atom stereocenters. The second kappa shape index (κ2) is 6.40. The fourth-order valence-corrected chi connectivity index (χ4v) is 1.07. The van der Waals surface area contributed by atoms with Gasteiger partial charge in [-0.25, -0.2) is 4.98 Å². The van der Waals surface area contributed by atoms with Gasteiger partial charge in [-0.3, -0.25) is 0 Å². The summed E-state index contributed by atoms with van der Waals surface area (Å²) >= 11 is 0. The molecule has 0 saturated carbocycles. The summed E-state index contributed by atoms with van der Waals surface area (Å²) in [4.78, 5) is 3.86. The third-order valence-electron chi connectivity index (χ3n) is 1.97. The number of nitrogens with zero attached hydrogens (tertiary/aromatic N) is 1. The first kappa shape index (κ1) is 12.0. The Morgan fingerprint density at radius 3 is 2.19 bits per heavy atom. The number of benzene rings is 1. The highest BCUT2D eigenvalue weighted by Gasteiger charge is 1.81. The summed E-state index contributed by atoms with van der Waals surface area (Å²) in [5.74, 6) is 0.579. The zero-order chi connectivity index (χ0) is 11.8. The zero-order valence-corrected chi connectivity index (χ0v) is 9.43. The van der Waals surface area contributed by atoms with Gasteiger partial charge in [0, 0.05) is 6.20 Å². The maximum Gasteiger partial charge on any atom is 0.123 e. The van der Waals surface area contributed by atoms with Crippen molar-refractivity contribution in [3.8, 4) is 0 Å². The molecule has 1 aromatic carbocycles. The summed E-state index contributed by atoms with van der Waals surface area (Å²) in [6, 6.07) is 13.7. The third kappa shape index (κ3) is 4.42. The van der Waals surface area contributed by atoms with E-state index in [-0.39, 0.29) is 0 Å². The SMILES string of the molecule is C=Cc1ccccc1.Cc1ccc(N)nc1. The smallest absolute Gasteiger partial charge is 0.123 e. The van der Waals surface area contributed by atoms with Crippen molar-refractivity contribution in [2.24, 2.45) is 0 Å². The number of hydrogen-bond donors (Lipinski definition) is 1. The predicted octanol–water partition coefficient (Wildman–Crippen LogP) is 3.30. The Labute approximate surface area is 96.5 Å². The second-order valence-corrected chi connectivity index (χ2v) is 3.38. The highest BCUT2D eigenvalue weighted by molar-refractivity contribution is 5.45. The number of nitrogens with two attached hydrogens (primary N) is 1. The van der Waals surface area contributed by atoms with E-state index in [0.717, 1.165) is 5.56 Å². The van der Waals surface area contributed by atoms with Gasteiger partial charge in [-0.15, -0.1) is 0 Å². The third-order valence-corrected chi connectivity index (χ3v) is 1.97. The lowest BCUT2D eigenvalue weighted by Gasteiger charge is -1.89. The molecule has 0 aliphatic heterocycles. The maximum absolute atomic E-state index is 5.32. The molecular weight excluding hydrogens is 196 g/mol. The Morgan fingerprint density at radius 2 is 1.81 bits per heavy atom. The molecule has 0 saturated heterocycles. The minimum absolute atomic E-state index is 0.579. The molecule has 82 valence electrons. The van der Waals surface area contributed by atoms with E-state index in [1.165, 1.54) is 5.56 Å². The lowest BCUT2D eigenvalue weighted by molar-refractivity contribution is 1.28. The number of rotatable bonds is 1. The molecule has 0 amide bonds. The van der Waals surface area contributed by atoms with Crippen LogP contribution in [-0.4, -0.2) is 4.98 Å². The first-order valence-corrected chi connectivity index (χ1v) is 5.08. The first-order chi connectivity index (χ1) is 7.72. The molecule has 0 radical (unpaired) electrons. The van der Waals surface area contributed by atoms with E-state index < -0.39 is 0 Å². The molecule has 2 nitrogen and oxygen atoms in total. The van der Waals surface area contributed by atoms with E-state index in [0.29, 0.717) is 5.82 Å². The number of anilines is 1. The van der Waals surface area contributed by atoms with Crippen molar-refractivity contribution in [2.75, 3.05) is 5.73 Å². The summed E-state index contributed by atoms with van der Waals surface area (Å²) in [7, 11) is 0. The van der Waals surface area contributed by atoms with E-state index in [1.54, 1.807) is 12.3 Å². The van der Waals surface area contributed by atoms with Gasteiger partial charge in [0.1, 0.15) is 5.82 Å². The van der Waals surface area contributed by atoms with Crippen LogP contribution in [0.25, 0.3) is 6.08 Å². The number of aromatic nitrogens is 1. The Morgan fingerprint density at radius 1 is 1.12 bits per heavy atom. The van der Waals surface area contributed by atoms with Crippen LogP contribution in [0.1, 0.15) is 11.1 Å². The highest BCUT2D eigenvalue weighted by atomic mass is 14.8. The van der Waals surface area contributed by atoms with Crippen LogP contribution < -0.4 is 5.73 Å². The van der Waals surface area contributed by atoms with Gasteiger partial charge in [-0.2, -0.15) is 0 Å². The van der Waals surface area contributed by atoms with Crippen molar-refractivity contribution in [3.63, 3.8) is 0 Å². The summed E-state index contributed by atoms with van der Waals surface area (Å²) in [5.41, 5.74) is 7.63. The monoisotopic (exact) mass is 212 g/mol. The summed E-state index contributed by atoms with van der Waals surface area (Å²) in [5, 5.41) is 0. The van der Waals surface area contributed by atoms with Crippen molar-refractivity contribution >= 4 is 11.9 Å². The molecule has 2 heteroatoms. The molecule has 16 heavy (non-hydrogen) atoms. The van der Waals surface area contributed by atoms with Crippen LogP contribution in [0.4, 0.5) is 5.82 Å². The fourth-order valence-electron chi connectivity index (χ4n) is 1.07. The van der Waals surface area contributed by atoms with Gasteiger partial charge in [0.2, 0.25) is 0 Å². The Balaban J connectivity index is 0.000000160. The van der Waals surface area contributed by atoms with Crippen molar-refractivity contribution < 1.29 is 0 Å². The molecule has 1 aromatic heterocycles. The second-order valence-electron chi connectivity index (χ2n) is 3.38. The lowest BCUT2D eigenvalue weighted by Crippen LogP contribution is -1.87. The van der Waals surface area contributed by atoms with Crippen molar-refractivity contribution in [3.05, 3.63) is 66.4 Å². The van der Waals surface area contributed by atoms with E-state index in [4.69, 9.17) is 5.73 Å². The normalized spacial score (nSPS) is 8.81. The van der Waals surface area contributed by atoms with E-state index in [2.05, 4.69) is 11.6 Å². The molecule has 0 atom stereocenters. The molecule has 2 N–H and O–H groups in total. The summed E-state index contributed by atoms with van der Waals surface area (Å²) in [6.07, 6.45) is 3.58. The van der Waals surface area contributed by atoms with Crippen molar-refractivity contribution in [1.29, 1.82) is 0 Å². The van der Waals surface area contributed by atoms with Crippen LogP contribution in [-0.2, 0) is 0 Å². The van der Waals surface area contributed by atoms with E-state index in [9.17, 15) is 0 Å². The summed E-state index contributed by atoms with van der Waals surface area (Å²) < 4.78 is 0. The van der Waals surface area contributed by atoms with Crippen LogP contribution >= 0.6 is 0 Å². The Kier molecular flexibility index (Phi) is 4.80. The van der Waals surface area contributed by atoms with Crippen molar-refractivity contribution in [1.82, 2.24) is 4.98 Å².